The highest BCUT2D eigenvalue weighted by atomic mass is 19.1. The van der Waals surface area contributed by atoms with Gasteiger partial charge in [-0.3, -0.25) is 0 Å². The molecule has 18 heavy (non-hydrogen) atoms. The fourth-order valence-corrected chi connectivity index (χ4v) is 1.67. The molecule has 0 aliphatic rings. The number of aryl methyl sites for hydroxylation is 1. The van der Waals surface area contributed by atoms with E-state index in [1.54, 1.807) is 6.07 Å². The van der Waals surface area contributed by atoms with Crippen LogP contribution in [0.5, 0.6) is 5.75 Å². The van der Waals surface area contributed by atoms with Crippen molar-refractivity contribution in [2.75, 3.05) is 19.8 Å². The van der Waals surface area contributed by atoms with Gasteiger partial charge in [-0.25, -0.2) is 4.39 Å². The normalized spacial score (nSPS) is 12.4. The van der Waals surface area contributed by atoms with Crippen LogP contribution in [0.3, 0.4) is 0 Å². The van der Waals surface area contributed by atoms with Crippen molar-refractivity contribution < 1.29 is 14.2 Å². The third-order valence-electron chi connectivity index (χ3n) is 2.75. The number of aliphatic hydroxyl groups is 1. The minimum absolute atomic E-state index is 0.0950. The Bertz CT molecular complexity index is 358. The van der Waals surface area contributed by atoms with Crippen molar-refractivity contribution in [3.05, 3.63) is 29.6 Å². The zero-order valence-electron chi connectivity index (χ0n) is 11.1. The summed E-state index contributed by atoms with van der Waals surface area (Å²) in [5.74, 6) is 0.270. The summed E-state index contributed by atoms with van der Waals surface area (Å²) < 4.78 is 18.7. The van der Waals surface area contributed by atoms with Crippen molar-refractivity contribution in [1.29, 1.82) is 0 Å². The minimum atomic E-state index is -0.296. The predicted molar refractivity (Wildman–Crippen MR) is 70.4 cm³/mol. The number of benzene rings is 1. The number of aliphatic hydroxyl groups excluding tert-OH is 1. The number of halogens is 1. The minimum Gasteiger partial charge on any atom is -0.492 e. The summed E-state index contributed by atoms with van der Waals surface area (Å²) in [4.78, 5) is 0. The van der Waals surface area contributed by atoms with E-state index in [0.29, 0.717) is 18.8 Å². The maximum Gasteiger partial charge on any atom is 0.126 e. The Morgan fingerprint density at radius 2 is 2.22 bits per heavy atom. The van der Waals surface area contributed by atoms with Gasteiger partial charge in [0, 0.05) is 18.7 Å². The molecule has 1 rings (SSSR count). The Hall–Kier alpha value is -1.13. The summed E-state index contributed by atoms with van der Waals surface area (Å²) in [7, 11) is 0. The molecular weight excluding hydrogens is 233 g/mol. The maximum atomic E-state index is 13.1. The molecule has 0 aliphatic carbocycles. The highest BCUT2D eigenvalue weighted by molar-refractivity contribution is 5.32. The van der Waals surface area contributed by atoms with Crippen LogP contribution in [0.2, 0.25) is 0 Å². The molecule has 1 aromatic rings. The first-order valence-electron chi connectivity index (χ1n) is 6.40. The molecule has 102 valence electrons. The van der Waals surface area contributed by atoms with Gasteiger partial charge >= 0.3 is 0 Å². The Balaban J connectivity index is 2.52. The molecule has 0 fully saturated rings. The molecule has 1 atom stereocenters. The van der Waals surface area contributed by atoms with Crippen LogP contribution >= 0.6 is 0 Å². The topological polar surface area (TPSA) is 41.5 Å². The van der Waals surface area contributed by atoms with Gasteiger partial charge in [0.05, 0.1) is 0 Å². The Labute approximate surface area is 108 Å². The standard InChI is InChI=1S/C14H22FNO2/c1-3-7-16-13(6-8-17)10-18-14-9-12(15)5-4-11(14)2/h4-5,9,13,16-17H,3,6-8,10H2,1-2H3. The lowest BCUT2D eigenvalue weighted by Crippen LogP contribution is -2.36. The molecular formula is C14H22FNO2. The van der Waals surface area contributed by atoms with Crippen LogP contribution in [0, 0.1) is 12.7 Å². The van der Waals surface area contributed by atoms with E-state index in [4.69, 9.17) is 9.84 Å². The van der Waals surface area contributed by atoms with Crippen LogP contribution in [-0.2, 0) is 0 Å². The molecule has 3 nitrogen and oxygen atoms in total. The van der Waals surface area contributed by atoms with Gasteiger partial charge in [-0.2, -0.15) is 0 Å². The SMILES string of the molecule is CCCNC(CCO)COc1cc(F)ccc1C. The van der Waals surface area contributed by atoms with Crippen LogP contribution in [-0.4, -0.2) is 30.9 Å². The third kappa shape index (κ3) is 5.02. The van der Waals surface area contributed by atoms with Crippen LogP contribution in [0.15, 0.2) is 18.2 Å². The van der Waals surface area contributed by atoms with E-state index in [1.165, 1.54) is 12.1 Å². The summed E-state index contributed by atoms with van der Waals surface area (Å²) in [6, 6.07) is 4.61. The Morgan fingerprint density at radius 1 is 1.44 bits per heavy atom. The van der Waals surface area contributed by atoms with Crippen LogP contribution in [0.4, 0.5) is 4.39 Å². The molecule has 0 saturated heterocycles. The summed E-state index contributed by atoms with van der Waals surface area (Å²) >= 11 is 0. The first-order valence-corrected chi connectivity index (χ1v) is 6.40. The van der Waals surface area contributed by atoms with Crippen molar-refractivity contribution in [2.45, 2.75) is 32.7 Å². The Kier molecular flexibility index (Phi) is 6.68. The van der Waals surface area contributed by atoms with Crippen LogP contribution in [0.1, 0.15) is 25.3 Å². The van der Waals surface area contributed by atoms with Crippen molar-refractivity contribution in [3.8, 4) is 5.75 Å². The average molecular weight is 255 g/mol. The molecule has 0 radical (unpaired) electrons. The molecule has 0 bridgehead atoms. The van der Waals surface area contributed by atoms with E-state index in [0.717, 1.165) is 18.5 Å². The second-order valence-corrected chi connectivity index (χ2v) is 4.38. The summed E-state index contributed by atoms with van der Waals surface area (Å²) in [5.41, 5.74) is 0.912. The van der Waals surface area contributed by atoms with Gasteiger partial charge < -0.3 is 15.2 Å². The smallest absolute Gasteiger partial charge is 0.126 e. The largest absolute Gasteiger partial charge is 0.492 e. The summed E-state index contributed by atoms with van der Waals surface area (Å²) in [5, 5.41) is 12.3. The number of nitrogens with one attached hydrogen (secondary N) is 1. The Morgan fingerprint density at radius 3 is 2.89 bits per heavy atom. The van der Waals surface area contributed by atoms with Crippen LogP contribution < -0.4 is 10.1 Å². The van der Waals surface area contributed by atoms with Gasteiger partial charge in [0.15, 0.2) is 0 Å². The van der Waals surface area contributed by atoms with E-state index in [9.17, 15) is 4.39 Å². The average Bonchev–Trinajstić information content (AvgIpc) is 2.36. The highest BCUT2D eigenvalue weighted by Crippen LogP contribution is 2.18. The molecule has 1 unspecified atom stereocenters. The molecule has 0 heterocycles. The predicted octanol–water partition coefficient (Wildman–Crippen LogP) is 2.26. The monoisotopic (exact) mass is 255 g/mol. The zero-order chi connectivity index (χ0) is 13.4. The van der Waals surface area contributed by atoms with E-state index >= 15 is 0 Å². The van der Waals surface area contributed by atoms with Crippen molar-refractivity contribution in [2.24, 2.45) is 0 Å². The summed E-state index contributed by atoms with van der Waals surface area (Å²) in [6.45, 7) is 5.41. The van der Waals surface area contributed by atoms with Gasteiger partial charge in [-0.15, -0.1) is 0 Å². The van der Waals surface area contributed by atoms with Gasteiger partial charge in [-0.1, -0.05) is 13.0 Å². The lowest BCUT2D eigenvalue weighted by atomic mass is 10.2. The van der Waals surface area contributed by atoms with Gasteiger partial charge in [0.1, 0.15) is 18.2 Å². The van der Waals surface area contributed by atoms with E-state index in [1.807, 2.05) is 6.92 Å². The molecule has 4 heteroatoms. The van der Waals surface area contributed by atoms with Gasteiger partial charge in [-0.05, 0) is 37.9 Å². The molecule has 2 N–H and O–H groups in total. The molecule has 0 spiro atoms. The second kappa shape index (κ2) is 8.06. The first-order chi connectivity index (χ1) is 8.67. The molecule has 0 amide bonds. The fraction of sp³-hybridized carbons (Fsp3) is 0.571. The van der Waals surface area contributed by atoms with Crippen molar-refractivity contribution in [3.63, 3.8) is 0 Å². The van der Waals surface area contributed by atoms with Crippen LogP contribution in [0.25, 0.3) is 0 Å². The second-order valence-electron chi connectivity index (χ2n) is 4.38. The third-order valence-corrected chi connectivity index (χ3v) is 2.75. The molecule has 1 aromatic carbocycles. The van der Waals surface area contributed by atoms with Crippen molar-refractivity contribution in [1.82, 2.24) is 5.32 Å². The van der Waals surface area contributed by atoms with E-state index < -0.39 is 0 Å². The lowest BCUT2D eigenvalue weighted by molar-refractivity contribution is 0.213. The van der Waals surface area contributed by atoms with Crippen molar-refractivity contribution >= 4 is 0 Å². The molecule has 0 saturated carbocycles. The number of hydrogen-bond acceptors (Lipinski definition) is 3. The first kappa shape index (κ1) is 14.9. The number of ether oxygens (including phenoxy) is 1. The molecule has 0 aliphatic heterocycles. The quantitative estimate of drug-likeness (QED) is 0.748. The van der Waals surface area contributed by atoms with E-state index in [2.05, 4.69) is 12.2 Å². The lowest BCUT2D eigenvalue weighted by Gasteiger charge is -2.19. The zero-order valence-corrected chi connectivity index (χ0v) is 11.1. The maximum absolute atomic E-state index is 13.1. The summed E-state index contributed by atoms with van der Waals surface area (Å²) in [6.07, 6.45) is 1.66. The fourth-order valence-electron chi connectivity index (χ4n) is 1.67. The van der Waals surface area contributed by atoms with Gasteiger partial charge in [0.25, 0.3) is 0 Å². The highest BCUT2D eigenvalue weighted by Gasteiger charge is 2.09. The number of hydrogen-bond donors (Lipinski definition) is 2. The molecule has 0 aromatic heterocycles. The van der Waals surface area contributed by atoms with E-state index in [-0.39, 0.29) is 18.5 Å². The van der Waals surface area contributed by atoms with Gasteiger partial charge in [0.2, 0.25) is 0 Å². The number of rotatable bonds is 8.